The molecule has 1 aliphatic rings. The first-order chi connectivity index (χ1) is 8.74. The van der Waals surface area contributed by atoms with Crippen LogP contribution in [0.25, 0.3) is 0 Å². The highest BCUT2D eigenvalue weighted by Gasteiger charge is 2.18. The van der Waals surface area contributed by atoms with Crippen molar-refractivity contribution in [2.75, 3.05) is 11.9 Å². The van der Waals surface area contributed by atoms with Crippen molar-refractivity contribution in [1.82, 2.24) is 0 Å². The molecule has 2 heterocycles. The molecule has 1 aliphatic heterocycles. The average Bonchev–Trinajstić information content (AvgIpc) is 2.90. The molecule has 0 spiro atoms. The van der Waals surface area contributed by atoms with Crippen LogP contribution in [0.3, 0.4) is 0 Å². The average molecular weight is 324 g/mol. The van der Waals surface area contributed by atoms with Gasteiger partial charge < -0.3 is 10.1 Å². The highest BCUT2D eigenvalue weighted by molar-refractivity contribution is 9.09. The molecule has 0 aliphatic carbocycles. The maximum Gasteiger partial charge on any atom is 0.262 e. The van der Waals surface area contributed by atoms with Gasteiger partial charge in [0, 0.05) is 4.88 Å². The fraction of sp³-hybridized carbons (Fsp3) is 0.154. The van der Waals surface area contributed by atoms with Gasteiger partial charge in [-0.1, -0.05) is 28.1 Å². The number of hydrogen-bond donors (Lipinski definition) is 1. The van der Waals surface area contributed by atoms with E-state index in [4.69, 9.17) is 4.74 Å². The summed E-state index contributed by atoms with van der Waals surface area (Å²) in [4.78, 5) is 12.7. The molecule has 0 radical (unpaired) electrons. The number of thiophene rings is 1. The fourth-order valence-electron chi connectivity index (χ4n) is 1.86. The monoisotopic (exact) mass is 323 g/mol. The SMILES string of the molecule is O=C1COc2ccc(C(Br)c3cccs3)cc2N1. The first-order valence-electron chi connectivity index (χ1n) is 5.48. The Labute approximate surface area is 117 Å². The molecule has 5 heteroatoms. The number of anilines is 1. The number of carbonyl (C=O) groups is 1. The number of fused-ring (bicyclic) bond motifs is 1. The third-order valence-corrected chi connectivity index (χ3v) is 4.98. The third-order valence-electron chi connectivity index (χ3n) is 2.72. The lowest BCUT2D eigenvalue weighted by molar-refractivity contribution is -0.118. The van der Waals surface area contributed by atoms with Crippen molar-refractivity contribution in [3.8, 4) is 5.75 Å². The molecule has 1 N–H and O–H groups in total. The van der Waals surface area contributed by atoms with Gasteiger partial charge in [0.05, 0.1) is 10.5 Å². The summed E-state index contributed by atoms with van der Waals surface area (Å²) >= 11 is 5.37. The van der Waals surface area contributed by atoms with Crippen LogP contribution in [0.4, 0.5) is 5.69 Å². The van der Waals surface area contributed by atoms with Crippen LogP contribution in [0.5, 0.6) is 5.75 Å². The zero-order valence-corrected chi connectivity index (χ0v) is 11.8. The summed E-state index contributed by atoms with van der Waals surface area (Å²) in [5, 5.41) is 4.87. The lowest BCUT2D eigenvalue weighted by atomic mass is 10.1. The van der Waals surface area contributed by atoms with E-state index in [-0.39, 0.29) is 17.3 Å². The van der Waals surface area contributed by atoms with E-state index in [0.29, 0.717) is 0 Å². The van der Waals surface area contributed by atoms with E-state index in [1.165, 1.54) is 4.88 Å². The number of rotatable bonds is 2. The van der Waals surface area contributed by atoms with Crippen LogP contribution in [0.2, 0.25) is 0 Å². The van der Waals surface area contributed by atoms with Crippen LogP contribution < -0.4 is 10.1 Å². The van der Waals surface area contributed by atoms with E-state index >= 15 is 0 Å². The van der Waals surface area contributed by atoms with Gasteiger partial charge in [-0.15, -0.1) is 11.3 Å². The Morgan fingerprint density at radius 2 is 2.28 bits per heavy atom. The minimum absolute atomic E-state index is 0.0923. The van der Waals surface area contributed by atoms with E-state index in [0.717, 1.165) is 17.0 Å². The second kappa shape index (κ2) is 4.74. The Hall–Kier alpha value is -1.33. The van der Waals surface area contributed by atoms with Crippen molar-refractivity contribution in [3.05, 3.63) is 46.2 Å². The summed E-state index contributed by atoms with van der Waals surface area (Å²) in [6, 6.07) is 9.96. The molecule has 3 rings (SSSR count). The maximum absolute atomic E-state index is 11.3. The Bertz CT molecular complexity index is 583. The van der Waals surface area contributed by atoms with Crippen LogP contribution >= 0.6 is 27.3 Å². The summed E-state index contributed by atoms with van der Waals surface area (Å²) < 4.78 is 5.34. The minimum atomic E-state index is -0.109. The number of alkyl halides is 1. The molecule has 2 aromatic rings. The number of nitrogens with one attached hydrogen (secondary N) is 1. The molecule has 18 heavy (non-hydrogen) atoms. The first-order valence-corrected chi connectivity index (χ1v) is 7.27. The molecule has 0 bridgehead atoms. The van der Waals surface area contributed by atoms with Crippen LogP contribution in [0.15, 0.2) is 35.7 Å². The van der Waals surface area contributed by atoms with Crippen molar-refractivity contribution < 1.29 is 9.53 Å². The molecule has 1 aromatic heterocycles. The van der Waals surface area contributed by atoms with E-state index < -0.39 is 0 Å². The van der Waals surface area contributed by atoms with E-state index in [9.17, 15) is 4.79 Å². The Morgan fingerprint density at radius 1 is 1.39 bits per heavy atom. The zero-order chi connectivity index (χ0) is 12.5. The molecule has 1 amide bonds. The smallest absolute Gasteiger partial charge is 0.262 e. The lowest BCUT2D eigenvalue weighted by Crippen LogP contribution is -2.25. The topological polar surface area (TPSA) is 38.3 Å². The number of benzene rings is 1. The first kappa shape index (κ1) is 11.7. The summed E-state index contributed by atoms with van der Waals surface area (Å²) in [5.74, 6) is 0.617. The predicted octanol–water partition coefficient (Wildman–Crippen LogP) is 3.56. The van der Waals surface area contributed by atoms with Gasteiger partial charge in [-0.25, -0.2) is 0 Å². The van der Waals surface area contributed by atoms with Gasteiger partial charge >= 0.3 is 0 Å². The molecule has 92 valence electrons. The van der Waals surface area contributed by atoms with Gasteiger partial charge in [-0.2, -0.15) is 0 Å². The quantitative estimate of drug-likeness (QED) is 0.858. The Kier molecular flexibility index (Phi) is 3.09. The third kappa shape index (κ3) is 2.15. The lowest BCUT2D eigenvalue weighted by Gasteiger charge is -2.19. The minimum Gasteiger partial charge on any atom is -0.482 e. The van der Waals surface area contributed by atoms with Crippen molar-refractivity contribution in [2.45, 2.75) is 4.83 Å². The Morgan fingerprint density at radius 3 is 3.06 bits per heavy atom. The summed E-state index contributed by atoms with van der Waals surface area (Å²) in [6.45, 7) is 0.0923. The van der Waals surface area contributed by atoms with Gasteiger partial charge in [-0.05, 0) is 29.1 Å². The second-order valence-corrected chi connectivity index (χ2v) is 5.87. The van der Waals surface area contributed by atoms with Gasteiger partial charge in [0.1, 0.15) is 5.75 Å². The predicted molar refractivity (Wildman–Crippen MR) is 75.7 cm³/mol. The van der Waals surface area contributed by atoms with E-state index in [1.54, 1.807) is 11.3 Å². The Balaban J connectivity index is 1.94. The second-order valence-electron chi connectivity index (χ2n) is 3.97. The summed E-state index contributed by atoms with van der Waals surface area (Å²) in [6.07, 6.45) is 0. The number of amides is 1. The molecule has 3 nitrogen and oxygen atoms in total. The summed E-state index contributed by atoms with van der Waals surface area (Å²) in [7, 11) is 0. The van der Waals surface area contributed by atoms with Gasteiger partial charge in [0.25, 0.3) is 5.91 Å². The molecular formula is C13H10BrNO2S. The van der Waals surface area contributed by atoms with Crippen LogP contribution in [0, 0.1) is 0 Å². The normalized spacial score (nSPS) is 15.5. The van der Waals surface area contributed by atoms with Crippen LogP contribution in [-0.2, 0) is 4.79 Å². The molecule has 0 saturated carbocycles. The van der Waals surface area contributed by atoms with Crippen molar-refractivity contribution in [1.29, 1.82) is 0 Å². The number of ether oxygens (including phenoxy) is 1. The highest BCUT2D eigenvalue weighted by Crippen LogP contribution is 2.37. The number of halogens is 1. The maximum atomic E-state index is 11.3. The van der Waals surface area contributed by atoms with Crippen LogP contribution in [0.1, 0.15) is 15.3 Å². The highest BCUT2D eigenvalue weighted by atomic mass is 79.9. The summed E-state index contributed by atoms with van der Waals surface area (Å²) in [5.41, 5.74) is 1.84. The van der Waals surface area contributed by atoms with E-state index in [1.807, 2.05) is 29.6 Å². The number of carbonyl (C=O) groups excluding carboxylic acids is 1. The molecule has 1 aromatic carbocycles. The molecular weight excluding hydrogens is 314 g/mol. The van der Waals surface area contributed by atoms with Crippen molar-refractivity contribution >= 4 is 38.9 Å². The van der Waals surface area contributed by atoms with E-state index in [2.05, 4.69) is 27.3 Å². The fourth-order valence-corrected chi connectivity index (χ4v) is 3.35. The number of hydrogen-bond acceptors (Lipinski definition) is 3. The van der Waals surface area contributed by atoms with Crippen molar-refractivity contribution in [2.24, 2.45) is 0 Å². The van der Waals surface area contributed by atoms with Gasteiger partial charge in [-0.3, -0.25) is 4.79 Å². The standard InChI is InChI=1S/C13H10BrNO2S/c14-13(11-2-1-5-18-11)8-3-4-10-9(6-8)15-12(16)7-17-10/h1-6,13H,7H2,(H,15,16). The molecule has 1 unspecified atom stereocenters. The van der Waals surface area contributed by atoms with Gasteiger partial charge in [0.2, 0.25) is 0 Å². The largest absolute Gasteiger partial charge is 0.482 e. The molecule has 1 atom stereocenters. The van der Waals surface area contributed by atoms with Crippen molar-refractivity contribution in [3.63, 3.8) is 0 Å². The molecule has 0 saturated heterocycles. The zero-order valence-electron chi connectivity index (χ0n) is 9.35. The molecule has 0 fully saturated rings. The van der Waals surface area contributed by atoms with Gasteiger partial charge in [0.15, 0.2) is 6.61 Å². The van der Waals surface area contributed by atoms with Crippen LogP contribution in [-0.4, -0.2) is 12.5 Å².